The molecule has 0 saturated heterocycles. The van der Waals surface area contributed by atoms with Crippen LogP contribution in [0.25, 0.3) is 5.69 Å². The molecule has 1 aromatic carbocycles. The first kappa shape index (κ1) is 11.7. The van der Waals surface area contributed by atoms with E-state index in [-0.39, 0.29) is 0 Å². The number of benzene rings is 1. The van der Waals surface area contributed by atoms with Crippen LogP contribution >= 0.6 is 27.5 Å². The monoisotopic (exact) mass is 298 g/mol. The SMILES string of the molecule is Cc1c(Cl)cccc1-n1ncc(CBr)c1C. The zero-order valence-electron chi connectivity index (χ0n) is 9.17. The Labute approximate surface area is 108 Å². The molecule has 0 unspecified atom stereocenters. The van der Waals surface area contributed by atoms with Gasteiger partial charge in [0, 0.05) is 21.6 Å². The molecule has 0 aliphatic rings. The topological polar surface area (TPSA) is 17.8 Å². The zero-order chi connectivity index (χ0) is 11.7. The lowest BCUT2D eigenvalue weighted by atomic mass is 10.2. The summed E-state index contributed by atoms with van der Waals surface area (Å²) in [6, 6.07) is 5.86. The van der Waals surface area contributed by atoms with Crippen LogP contribution in [0.2, 0.25) is 5.02 Å². The first-order valence-electron chi connectivity index (χ1n) is 5.00. The third-order valence-corrected chi connectivity index (χ3v) is 3.74. The Hall–Kier alpha value is -0.800. The van der Waals surface area contributed by atoms with Gasteiger partial charge >= 0.3 is 0 Å². The second-order valence-electron chi connectivity index (χ2n) is 3.68. The van der Waals surface area contributed by atoms with Gasteiger partial charge < -0.3 is 0 Å². The highest BCUT2D eigenvalue weighted by atomic mass is 79.9. The van der Waals surface area contributed by atoms with Crippen LogP contribution in [0.3, 0.4) is 0 Å². The van der Waals surface area contributed by atoms with Gasteiger partial charge in [-0.1, -0.05) is 33.6 Å². The summed E-state index contributed by atoms with van der Waals surface area (Å²) in [5.41, 5.74) is 4.43. The van der Waals surface area contributed by atoms with Crippen LogP contribution in [0.1, 0.15) is 16.8 Å². The number of rotatable bonds is 2. The van der Waals surface area contributed by atoms with Crippen molar-refractivity contribution in [3.05, 3.63) is 46.2 Å². The van der Waals surface area contributed by atoms with Gasteiger partial charge in [0.2, 0.25) is 0 Å². The van der Waals surface area contributed by atoms with E-state index in [0.717, 1.165) is 27.3 Å². The first-order valence-corrected chi connectivity index (χ1v) is 6.50. The van der Waals surface area contributed by atoms with Gasteiger partial charge in [-0.2, -0.15) is 5.10 Å². The van der Waals surface area contributed by atoms with Crippen LogP contribution in [0, 0.1) is 13.8 Å². The van der Waals surface area contributed by atoms with Crippen molar-refractivity contribution in [3.63, 3.8) is 0 Å². The normalized spacial score (nSPS) is 10.8. The van der Waals surface area contributed by atoms with Gasteiger partial charge in [0.15, 0.2) is 0 Å². The Morgan fingerprint density at radius 3 is 2.75 bits per heavy atom. The molecule has 0 aliphatic heterocycles. The van der Waals surface area contributed by atoms with Gasteiger partial charge in [0.1, 0.15) is 0 Å². The maximum absolute atomic E-state index is 6.11. The van der Waals surface area contributed by atoms with Gasteiger partial charge in [0.25, 0.3) is 0 Å². The van der Waals surface area contributed by atoms with E-state index in [1.54, 1.807) is 0 Å². The van der Waals surface area contributed by atoms with Crippen molar-refractivity contribution >= 4 is 27.5 Å². The van der Waals surface area contributed by atoms with E-state index in [2.05, 4.69) is 28.0 Å². The molecule has 0 N–H and O–H groups in total. The Kier molecular flexibility index (Phi) is 3.36. The molecule has 0 radical (unpaired) electrons. The molecule has 4 heteroatoms. The third-order valence-electron chi connectivity index (χ3n) is 2.72. The van der Waals surface area contributed by atoms with Crippen molar-refractivity contribution in [2.45, 2.75) is 19.2 Å². The molecule has 2 rings (SSSR count). The minimum atomic E-state index is 0.771. The molecule has 84 valence electrons. The van der Waals surface area contributed by atoms with E-state index < -0.39 is 0 Å². The van der Waals surface area contributed by atoms with Gasteiger partial charge in [-0.25, -0.2) is 4.68 Å². The van der Waals surface area contributed by atoms with Crippen LogP contribution in [0.15, 0.2) is 24.4 Å². The van der Waals surface area contributed by atoms with Crippen molar-refractivity contribution in [1.82, 2.24) is 9.78 Å². The fourth-order valence-electron chi connectivity index (χ4n) is 1.64. The van der Waals surface area contributed by atoms with Crippen molar-refractivity contribution in [1.29, 1.82) is 0 Å². The molecule has 0 fully saturated rings. The number of halogens is 2. The minimum absolute atomic E-state index is 0.771. The highest BCUT2D eigenvalue weighted by Gasteiger charge is 2.10. The van der Waals surface area contributed by atoms with Gasteiger partial charge in [-0.15, -0.1) is 0 Å². The quantitative estimate of drug-likeness (QED) is 0.765. The number of nitrogens with zero attached hydrogens (tertiary/aromatic N) is 2. The highest BCUT2D eigenvalue weighted by Crippen LogP contribution is 2.24. The Morgan fingerprint density at radius 2 is 2.12 bits per heavy atom. The van der Waals surface area contributed by atoms with E-state index in [9.17, 15) is 0 Å². The molecule has 0 saturated carbocycles. The smallest absolute Gasteiger partial charge is 0.0692 e. The molecule has 1 aromatic heterocycles. The summed E-state index contributed by atoms with van der Waals surface area (Å²) in [7, 11) is 0. The Balaban J connectivity index is 2.59. The van der Waals surface area contributed by atoms with E-state index in [1.807, 2.05) is 36.0 Å². The lowest BCUT2D eigenvalue weighted by Crippen LogP contribution is -2.01. The number of hydrogen-bond donors (Lipinski definition) is 0. The summed E-state index contributed by atoms with van der Waals surface area (Å²) in [6.07, 6.45) is 1.88. The largest absolute Gasteiger partial charge is 0.237 e. The fourth-order valence-corrected chi connectivity index (χ4v) is 2.36. The van der Waals surface area contributed by atoms with Crippen molar-refractivity contribution < 1.29 is 0 Å². The van der Waals surface area contributed by atoms with Gasteiger partial charge in [0.05, 0.1) is 11.9 Å². The maximum atomic E-state index is 6.11. The van der Waals surface area contributed by atoms with Crippen LogP contribution in [0.4, 0.5) is 0 Å². The standard InChI is InChI=1S/C12H12BrClN2/c1-8-11(14)4-3-5-12(8)16-9(2)10(6-13)7-15-16/h3-5,7H,6H2,1-2H3. The number of hydrogen-bond acceptors (Lipinski definition) is 1. The zero-order valence-corrected chi connectivity index (χ0v) is 11.5. The average Bonchev–Trinajstić information content (AvgIpc) is 2.64. The van der Waals surface area contributed by atoms with Crippen molar-refractivity contribution in [2.24, 2.45) is 0 Å². The summed E-state index contributed by atoms with van der Waals surface area (Å²) in [5.74, 6) is 0. The summed E-state index contributed by atoms with van der Waals surface area (Å²) in [6.45, 7) is 4.07. The maximum Gasteiger partial charge on any atom is 0.0692 e. The minimum Gasteiger partial charge on any atom is -0.237 e. The van der Waals surface area contributed by atoms with Crippen molar-refractivity contribution in [2.75, 3.05) is 0 Å². The second-order valence-corrected chi connectivity index (χ2v) is 4.65. The lowest BCUT2D eigenvalue weighted by Gasteiger charge is -2.09. The summed E-state index contributed by atoms with van der Waals surface area (Å²) >= 11 is 9.55. The molecular formula is C12H12BrClN2. The molecule has 0 bridgehead atoms. The van der Waals surface area contributed by atoms with Crippen LogP contribution < -0.4 is 0 Å². The third kappa shape index (κ3) is 1.89. The predicted molar refractivity (Wildman–Crippen MR) is 70.7 cm³/mol. The molecule has 0 spiro atoms. The van der Waals surface area contributed by atoms with Crippen LogP contribution in [-0.2, 0) is 5.33 Å². The number of alkyl halides is 1. The van der Waals surface area contributed by atoms with E-state index in [0.29, 0.717) is 0 Å². The molecule has 0 amide bonds. The van der Waals surface area contributed by atoms with Crippen molar-refractivity contribution in [3.8, 4) is 5.69 Å². The number of aromatic nitrogens is 2. The molecule has 2 aromatic rings. The fraction of sp³-hybridized carbons (Fsp3) is 0.250. The molecule has 16 heavy (non-hydrogen) atoms. The molecule has 1 heterocycles. The predicted octanol–water partition coefficient (Wildman–Crippen LogP) is 4.04. The highest BCUT2D eigenvalue weighted by molar-refractivity contribution is 9.08. The van der Waals surface area contributed by atoms with E-state index >= 15 is 0 Å². The van der Waals surface area contributed by atoms with E-state index in [1.165, 1.54) is 5.56 Å². The second kappa shape index (κ2) is 4.60. The lowest BCUT2D eigenvalue weighted by molar-refractivity contribution is 0.839. The Morgan fingerprint density at radius 1 is 1.38 bits per heavy atom. The molecule has 0 aliphatic carbocycles. The van der Waals surface area contributed by atoms with Crippen LogP contribution in [-0.4, -0.2) is 9.78 Å². The summed E-state index contributed by atoms with van der Waals surface area (Å²) in [5, 5.41) is 5.98. The summed E-state index contributed by atoms with van der Waals surface area (Å²) < 4.78 is 1.93. The molecule has 0 atom stereocenters. The van der Waals surface area contributed by atoms with Gasteiger partial charge in [-0.05, 0) is 31.5 Å². The molecule has 2 nitrogen and oxygen atoms in total. The van der Waals surface area contributed by atoms with Gasteiger partial charge in [-0.3, -0.25) is 0 Å². The van der Waals surface area contributed by atoms with Crippen LogP contribution in [0.5, 0.6) is 0 Å². The molecular weight excluding hydrogens is 288 g/mol. The summed E-state index contributed by atoms with van der Waals surface area (Å²) in [4.78, 5) is 0. The Bertz CT molecular complexity index is 520. The van der Waals surface area contributed by atoms with E-state index in [4.69, 9.17) is 11.6 Å². The first-order chi connectivity index (χ1) is 7.65. The average molecular weight is 300 g/mol.